The predicted octanol–water partition coefficient (Wildman–Crippen LogP) is 3.63. The number of benzene rings is 1. The number of para-hydroxylation sites is 1. The molecule has 0 radical (unpaired) electrons. The third-order valence-electron chi connectivity index (χ3n) is 5.87. The fourth-order valence-electron chi connectivity index (χ4n) is 4.19. The number of methoxy groups -OCH3 is 1. The molecule has 1 N–H and O–H groups in total. The van der Waals surface area contributed by atoms with Crippen molar-refractivity contribution in [3.05, 3.63) is 52.8 Å². The summed E-state index contributed by atoms with van der Waals surface area (Å²) in [5.41, 5.74) is 3.73. The van der Waals surface area contributed by atoms with Crippen LogP contribution in [-0.2, 0) is 0 Å². The van der Waals surface area contributed by atoms with E-state index in [4.69, 9.17) is 9.26 Å². The topological polar surface area (TPSA) is 80.5 Å². The first-order valence-electron chi connectivity index (χ1n) is 10.1. The van der Waals surface area contributed by atoms with Crippen LogP contribution in [0.15, 0.2) is 34.9 Å². The van der Waals surface area contributed by atoms with E-state index in [0.29, 0.717) is 36.0 Å². The number of halogens is 1. The van der Waals surface area contributed by atoms with Crippen LogP contribution >= 0.6 is 12.4 Å². The van der Waals surface area contributed by atoms with E-state index in [0.717, 1.165) is 41.8 Å². The molecule has 3 aromatic rings. The molecule has 1 amide bonds. The van der Waals surface area contributed by atoms with Crippen molar-refractivity contribution >= 4 is 29.4 Å². The van der Waals surface area contributed by atoms with Crippen LogP contribution in [0.3, 0.4) is 0 Å². The molecule has 7 nitrogen and oxygen atoms in total. The van der Waals surface area contributed by atoms with Crippen LogP contribution in [0.5, 0.6) is 5.75 Å². The van der Waals surface area contributed by atoms with Crippen LogP contribution in [0.2, 0.25) is 0 Å². The Morgan fingerprint density at radius 2 is 2.10 bits per heavy atom. The highest BCUT2D eigenvalue weighted by atomic mass is 35.5. The highest BCUT2D eigenvalue weighted by Gasteiger charge is 2.34. The first-order valence-corrected chi connectivity index (χ1v) is 10.1. The van der Waals surface area contributed by atoms with E-state index >= 15 is 0 Å². The number of aromatic nitrogens is 2. The highest BCUT2D eigenvalue weighted by Crippen LogP contribution is 2.41. The molecule has 8 heteroatoms. The molecule has 1 aromatic carbocycles. The van der Waals surface area contributed by atoms with Crippen LogP contribution in [0, 0.1) is 6.92 Å². The fourth-order valence-corrected chi connectivity index (χ4v) is 4.19. The second kappa shape index (κ2) is 8.24. The number of fused-ring (bicyclic) bond motifs is 1. The SMILES string of the molecule is COc1ccccc1C1CNCCN1C(=O)c1cc(C2CC2)nc2onc(C)c12.Cl. The molecule has 2 aromatic heterocycles. The highest BCUT2D eigenvalue weighted by molar-refractivity contribution is 6.06. The zero-order chi connectivity index (χ0) is 20.0. The average molecular weight is 429 g/mol. The number of nitrogens with zero attached hydrogens (tertiary/aromatic N) is 3. The normalized spacial score (nSPS) is 18.9. The quantitative estimate of drug-likeness (QED) is 0.683. The first kappa shape index (κ1) is 20.6. The van der Waals surface area contributed by atoms with Crippen LogP contribution in [-0.4, -0.2) is 47.7 Å². The van der Waals surface area contributed by atoms with Gasteiger partial charge in [0.2, 0.25) is 0 Å². The summed E-state index contributed by atoms with van der Waals surface area (Å²) in [6, 6.07) is 9.73. The average Bonchev–Trinajstić information content (AvgIpc) is 3.56. The van der Waals surface area contributed by atoms with Gasteiger partial charge in [-0.2, -0.15) is 0 Å². The minimum Gasteiger partial charge on any atom is -0.496 e. The van der Waals surface area contributed by atoms with Gasteiger partial charge in [0.15, 0.2) is 0 Å². The van der Waals surface area contributed by atoms with E-state index in [1.807, 2.05) is 42.2 Å². The number of ether oxygens (including phenoxy) is 1. The number of amides is 1. The largest absolute Gasteiger partial charge is 0.496 e. The molecular weight excluding hydrogens is 404 g/mol. The number of nitrogens with one attached hydrogen (secondary N) is 1. The molecule has 2 aliphatic rings. The maximum Gasteiger partial charge on any atom is 0.259 e. The van der Waals surface area contributed by atoms with Crippen molar-refractivity contribution in [1.82, 2.24) is 20.4 Å². The lowest BCUT2D eigenvalue weighted by Crippen LogP contribution is -2.48. The Labute approximate surface area is 181 Å². The fraction of sp³-hybridized carbons (Fsp3) is 0.409. The molecule has 1 saturated carbocycles. The molecule has 1 aliphatic carbocycles. The first-order chi connectivity index (χ1) is 14.2. The number of aryl methyl sites for hydroxylation is 1. The van der Waals surface area contributed by atoms with Crippen molar-refractivity contribution in [1.29, 1.82) is 0 Å². The smallest absolute Gasteiger partial charge is 0.259 e. The van der Waals surface area contributed by atoms with Crippen molar-refractivity contribution in [3.8, 4) is 5.75 Å². The second-order valence-corrected chi connectivity index (χ2v) is 7.78. The number of carbonyl (C=O) groups excluding carboxylic acids is 1. The molecule has 5 rings (SSSR count). The van der Waals surface area contributed by atoms with Gasteiger partial charge in [-0.05, 0) is 31.9 Å². The Morgan fingerprint density at radius 1 is 1.30 bits per heavy atom. The van der Waals surface area contributed by atoms with Gasteiger partial charge in [-0.15, -0.1) is 12.4 Å². The molecule has 1 aliphatic heterocycles. The minimum atomic E-state index is -0.111. The van der Waals surface area contributed by atoms with Gasteiger partial charge in [0, 0.05) is 36.8 Å². The zero-order valence-electron chi connectivity index (χ0n) is 17.1. The van der Waals surface area contributed by atoms with E-state index in [1.54, 1.807) is 7.11 Å². The molecule has 3 heterocycles. The summed E-state index contributed by atoms with van der Waals surface area (Å²) in [7, 11) is 1.66. The van der Waals surface area contributed by atoms with Crippen molar-refractivity contribution in [2.75, 3.05) is 26.7 Å². The minimum absolute atomic E-state index is 0. The lowest BCUT2D eigenvalue weighted by molar-refractivity contribution is 0.0633. The van der Waals surface area contributed by atoms with Gasteiger partial charge >= 0.3 is 0 Å². The molecular formula is C22H25ClN4O3. The van der Waals surface area contributed by atoms with Crippen molar-refractivity contribution in [2.45, 2.75) is 31.7 Å². The summed E-state index contributed by atoms with van der Waals surface area (Å²) in [4.78, 5) is 20.4. The molecule has 0 spiro atoms. The van der Waals surface area contributed by atoms with Crippen molar-refractivity contribution < 1.29 is 14.1 Å². The van der Waals surface area contributed by atoms with E-state index in [-0.39, 0.29) is 24.4 Å². The van der Waals surface area contributed by atoms with Crippen LogP contribution in [0.25, 0.3) is 11.1 Å². The zero-order valence-corrected chi connectivity index (χ0v) is 17.9. The van der Waals surface area contributed by atoms with Gasteiger partial charge < -0.3 is 19.5 Å². The Morgan fingerprint density at radius 3 is 2.87 bits per heavy atom. The number of piperazine rings is 1. The summed E-state index contributed by atoms with van der Waals surface area (Å²) in [5.74, 6) is 1.20. The van der Waals surface area contributed by atoms with E-state index < -0.39 is 0 Å². The molecule has 1 unspecified atom stereocenters. The third kappa shape index (κ3) is 3.52. The molecule has 2 fully saturated rings. The molecule has 0 bridgehead atoms. The van der Waals surface area contributed by atoms with Crippen LogP contribution in [0.4, 0.5) is 0 Å². The summed E-state index contributed by atoms with van der Waals surface area (Å²) in [6.45, 7) is 3.91. The van der Waals surface area contributed by atoms with Crippen LogP contribution in [0.1, 0.15) is 52.1 Å². The lowest BCUT2D eigenvalue weighted by Gasteiger charge is -2.37. The van der Waals surface area contributed by atoms with Crippen LogP contribution < -0.4 is 10.1 Å². The monoisotopic (exact) mass is 428 g/mol. The number of carbonyl (C=O) groups is 1. The lowest BCUT2D eigenvalue weighted by atomic mass is 9.99. The van der Waals surface area contributed by atoms with Gasteiger partial charge in [0.1, 0.15) is 5.75 Å². The van der Waals surface area contributed by atoms with Gasteiger partial charge in [-0.3, -0.25) is 4.79 Å². The number of rotatable bonds is 4. The van der Waals surface area contributed by atoms with Crippen molar-refractivity contribution in [2.24, 2.45) is 0 Å². The molecule has 1 atom stereocenters. The maximum absolute atomic E-state index is 13.8. The predicted molar refractivity (Wildman–Crippen MR) is 115 cm³/mol. The molecule has 30 heavy (non-hydrogen) atoms. The van der Waals surface area contributed by atoms with Gasteiger partial charge in [-0.25, -0.2) is 4.98 Å². The third-order valence-corrected chi connectivity index (χ3v) is 5.87. The second-order valence-electron chi connectivity index (χ2n) is 7.78. The maximum atomic E-state index is 13.8. The van der Waals surface area contributed by atoms with Gasteiger partial charge in [0.05, 0.1) is 29.8 Å². The number of hydrogen-bond donors (Lipinski definition) is 1. The summed E-state index contributed by atoms with van der Waals surface area (Å²) in [6.07, 6.45) is 2.22. The summed E-state index contributed by atoms with van der Waals surface area (Å²) in [5, 5.41) is 8.20. The Balaban J connectivity index is 0.00000218. The molecule has 1 saturated heterocycles. The van der Waals surface area contributed by atoms with E-state index in [1.165, 1.54) is 0 Å². The van der Waals surface area contributed by atoms with Gasteiger partial charge in [-0.1, -0.05) is 23.4 Å². The Bertz CT molecular complexity index is 1080. The number of hydrogen-bond acceptors (Lipinski definition) is 6. The molecule has 158 valence electrons. The number of pyridine rings is 1. The van der Waals surface area contributed by atoms with Crippen molar-refractivity contribution in [3.63, 3.8) is 0 Å². The summed E-state index contributed by atoms with van der Waals surface area (Å²) >= 11 is 0. The summed E-state index contributed by atoms with van der Waals surface area (Å²) < 4.78 is 11.0. The van der Waals surface area contributed by atoms with E-state index in [2.05, 4.69) is 15.5 Å². The standard InChI is InChI=1S/C22H24N4O3.ClH/c1-13-20-16(11-17(14-7-8-14)24-21(20)29-25-13)22(27)26-10-9-23-12-18(26)15-5-3-4-6-19(15)28-2;/h3-6,11,14,18,23H,7-10,12H2,1-2H3;1H. The van der Waals surface area contributed by atoms with E-state index in [9.17, 15) is 4.79 Å². The Kier molecular flexibility index (Phi) is 5.66. The van der Waals surface area contributed by atoms with Gasteiger partial charge in [0.25, 0.3) is 11.6 Å². The Hall–Kier alpha value is -2.64.